The van der Waals surface area contributed by atoms with Crippen molar-refractivity contribution >= 4 is 18.0 Å². The average molecular weight is 477 g/mol. The summed E-state index contributed by atoms with van der Waals surface area (Å²) in [5.74, 6) is -1.22. The lowest BCUT2D eigenvalue weighted by atomic mass is 9.98. The fraction of sp³-hybridized carbons (Fsp3) is 0.308. The number of alkyl carbamates (subject to hydrolysis) is 1. The van der Waals surface area contributed by atoms with Gasteiger partial charge in [0.2, 0.25) is 0 Å². The summed E-state index contributed by atoms with van der Waals surface area (Å²) in [5.41, 5.74) is 5.48. The molecule has 0 spiro atoms. The van der Waals surface area contributed by atoms with E-state index in [-0.39, 0.29) is 31.4 Å². The number of nitrogens with one attached hydrogen (secondary N) is 2. The van der Waals surface area contributed by atoms with Gasteiger partial charge in [-0.15, -0.1) is 0 Å². The second-order valence-electron chi connectivity index (χ2n) is 8.43. The minimum absolute atomic E-state index is 0.0333. The van der Waals surface area contributed by atoms with Crippen LogP contribution >= 0.6 is 0 Å². The number of aryl methyl sites for hydroxylation is 1. The van der Waals surface area contributed by atoms with Gasteiger partial charge in [0.15, 0.2) is 0 Å². The molecule has 3 aromatic rings. The Morgan fingerprint density at radius 1 is 1.00 bits per heavy atom. The van der Waals surface area contributed by atoms with Crippen LogP contribution in [0.5, 0.6) is 0 Å². The number of nitrogens with zero attached hydrogens (tertiary/aromatic N) is 2. The van der Waals surface area contributed by atoms with Crippen molar-refractivity contribution in [1.29, 1.82) is 0 Å². The summed E-state index contributed by atoms with van der Waals surface area (Å²) in [4.78, 5) is 35.7. The van der Waals surface area contributed by atoms with Crippen LogP contribution in [0.25, 0.3) is 11.1 Å². The molecule has 0 unspecified atom stereocenters. The standard InChI is InChI=1S/C26H28N4O5/c1-30-24(25(33)27-13-7-6-12-23(31)32)17(15-29-30)14-28-26(34)35-16-22-20-10-4-2-8-18(20)19-9-3-5-11-21(19)22/h2-5,8-11,15,22H,6-7,12-14,16H2,1H3,(H,27,33)(H,28,34)(H,31,32). The number of hydrogen-bond donors (Lipinski definition) is 3. The maximum Gasteiger partial charge on any atom is 0.407 e. The molecule has 0 saturated heterocycles. The summed E-state index contributed by atoms with van der Waals surface area (Å²) in [6, 6.07) is 16.3. The molecular formula is C26H28N4O5. The van der Waals surface area contributed by atoms with Gasteiger partial charge in [-0.2, -0.15) is 5.10 Å². The third-order valence-corrected chi connectivity index (χ3v) is 6.10. The highest BCUT2D eigenvalue weighted by molar-refractivity contribution is 5.94. The molecule has 9 nitrogen and oxygen atoms in total. The molecule has 0 radical (unpaired) electrons. The highest BCUT2D eigenvalue weighted by Gasteiger charge is 2.29. The highest BCUT2D eigenvalue weighted by Crippen LogP contribution is 2.44. The zero-order valence-corrected chi connectivity index (χ0v) is 19.5. The van der Waals surface area contributed by atoms with Gasteiger partial charge in [-0.25, -0.2) is 4.79 Å². The summed E-state index contributed by atoms with van der Waals surface area (Å²) >= 11 is 0. The van der Waals surface area contributed by atoms with E-state index in [0.29, 0.717) is 30.6 Å². The van der Waals surface area contributed by atoms with E-state index in [4.69, 9.17) is 9.84 Å². The molecule has 1 heterocycles. The van der Waals surface area contributed by atoms with Crippen LogP contribution < -0.4 is 10.6 Å². The molecule has 2 amide bonds. The quantitative estimate of drug-likeness (QED) is 0.385. The Kier molecular flexibility index (Phi) is 7.45. The summed E-state index contributed by atoms with van der Waals surface area (Å²) in [7, 11) is 1.65. The Labute approximate surface area is 203 Å². The van der Waals surface area contributed by atoms with Crippen LogP contribution in [0.3, 0.4) is 0 Å². The Balaban J connectivity index is 1.31. The van der Waals surface area contributed by atoms with Gasteiger partial charge < -0.3 is 20.5 Å². The minimum atomic E-state index is -0.857. The molecule has 1 aliphatic rings. The number of unbranched alkanes of at least 4 members (excludes halogenated alkanes) is 1. The molecule has 0 atom stereocenters. The van der Waals surface area contributed by atoms with E-state index in [0.717, 1.165) is 22.3 Å². The van der Waals surface area contributed by atoms with Crippen LogP contribution in [0.15, 0.2) is 54.7 Å². The van der Waals surface area contributed by atoms with E-state index >= 15 is 0 Å². The van der Waals surface area contributed by atoms with Crippen molar-refractivity contribution in [2.24, 2.45) is 7.05 Å². The predicted molar refractivity (Wildman–Crippen MR) is 129 cm³/mol. The van der Waals surface area contributed by atoms with Crippen LogP contribution in [-0.2, 0) is 23.1 Å². The lowest BCUT2D eigenvalue weighted by Crippen LogP contribution is -2.30. The third-order valence-electron chi connectivity index (χ3n) is 6.10. The topological polar surface area (TPSA) is 123 Å². The zero-order chi connectivity index (χ0) is 24.8. The lowest BCUT2D eigenvalue weighted by molar-refractivity contribution is -0.137. The second-order valence-corrected chi connectivity index (χ2v) is 8.43. The number of amides is 2. The van der Waals surface area contributed by atoms with Crippen molar-refractivity contribution in [3.8, 4) is 11.1 Å². The third kappa shape index (κ3) is 5.51. The number of carboxylic acid groups (broad SMARTS) is 1. The molecule has 182 valence electrons. The van der Waals surface area contributed by atoms with Crippen LogP contribution in [0.1, 0.15) is 52.4 Å². The van der Waals surface area contributed by atoms with Crippen molar-refractivity contribution in [3.05, 3.63) is 77.1 Å². The molecule has 0 fully saturated rings. The van der Waals surface area contributed by atoms with E-state index in [1.165, 1.54) is 10.9 Å². The number of carbonyl (C=O) groups excluding carboxylic acids is 2. The number of rotatable bonds is 10. The van der Waals surface area contributed by atoms with Crippen molar-refractivity contribution in [3.63, 3.8) is 0 Å². The molecular weight excluding hydrogens is 448 g/mol. The van der Waals surface area contributed by atoms with Gasteiger partial charge in [0.05, 0.1) is 12.7 Å². The van der Waals surface area contributed by atoms with Crippen molar-refractivity contribution in [1.82, 2.24) is 20.4 Å². The van der Waals surface area contributed by atoms with Crippen LogP contribution in [0, 0.1) is 0 Å². The smallest absolute Gasteiger partial charge is 0.407 e. The monoisotopic (exact) mass is 476 g/mol. The molecule has 1 aliphatic carbocycles. The Morgan fingerprint density at radius 2 is 1.66 bits per heavy atom. The Bertz CT molecular complexity index is 1190. The number of benzene rings is 2. The normalized spacial score (nSPS) is 12.0. The maximum absolute atomic E-state index is 12.6. The number of carbonyl (C=O) groups is 3. The van der Waals surface area contributed by atoms with E-state index < -0.39 is 12.1 Å². The lowest BCUT2D eigenvalue weighted by Gasteiger charge is -2.14. The second kappa shape index (κ2) is 10.9. The highest BCUT2D eigenvalue weighted by atomic mass is 16.5. The van der Waals surface area contributed by atoms with Gasteiger partial charge in [-0.05, 0) is 35.1 Å². The number of hydrogen-bond acceptors (Lipinski definition) is 5. The maximum atomic E-state index is 12.6. The molecule has 0 aliphatic heterocycles. The first kappa shape index (κ1) is 24.0. The van der Waals surface area contributed by atoms with Crippen molar-refractivity contribution in [2.75, 3.05) is 13.2 Å². The summed E-state index contributed by atoms with van der Waals surface area (Å²) in [6.07, 6.45) is 2.07. The number of aliphatic carboxylic acids is 1. The van der Waals surface area contributed by atoms with E-state index in [1.807, 2.05) is 24.3 Å². The van der Waals surface area contributed by atoms with Gasteiger partial charge in [0.1, 0.15) is 12.3 Å². The number of fused-ring (bicyclic) bond motifs is 3. The molecule has 3 N–H and O–H groups in total. The average Bonchev–Trinajstić information content (AvgIpc) is 3.38. The molecule has 35 heavy (non-hydrogen) atoms. The predicted octanol–water partition coefficient (Wildman–Crippen LogP) is 3.44. The summed E-state index contributed by atoms with van der Waals surface area (Å²) in [5, 5.41) is 18.3. The zero-order valence-electron chi connectivity index (χ0n) is 19.5. The first-order chi connectivity index (χ1) is 17.0. The molecule has 9 heteroatoms. The summed E-state index contributed by atoms with van der Waals surface area (Å²) < 4.78 is 7.00. The van der Waals surface area contributed by atoms with Crippen LogP contribution in [-0.4, -0.2) is 46.0 Å². The summed E-state index contributed by atoms with van der Waals surface area (Å²) in [6.45, 7) is 0.652. The largest absolute Gasteiger partial charge is 0.481 e. The van der Waals surface area contributed by atoms with Crippen molar-refractivity contribution in [2.45, 2.75) is 31.7 Å². The number of carboxylic acids is 1. The minimum Gasteiger partial charge on any atom is -0.481 e. The number of aromatic nitrogens is 2. The van der Waals surface area contributed by atoms with Crippen LogP contribution in [0.2, 0.25) is 0 Å². The fourth-order valence-electron chi connectivity index (χ4n) is 4.41. The fourth-order valence-corrected chi connectivity index (χ4v) is 4.41. The molecule has 2 aromatic carbocycles. The molecule has 4 rings (SSSR count). The van der Waals surface area contributed by atoms with E-state index in [2.05, 4.69) is 40.0 Å². The van der Waals surface area contributed by atoms with Crippen LogP contribution in [0.4, 0.5) is 4.79 Å². The molecule has 0 saturated carbocycles. The first-order valence-corrected chi connectivity index (χ1v) is 11.6. The Hall–Kier alpha value is -4.14. The van der Waals surface area contributed by atoms with E-state index in [9.17, 15) is 14.4 Å². The SMILES string of the molecule is Cn1ncc(CNC(=O)OCC2c3ccccc3-c3ccccc32)c1C(=O)NCCCCC(=O)O. The molecule has 1 aromatic heterocycles. The van der Waals surface area contributed by atoms with Gasteiger partial charge in [0, 0.05) is 31.5 Å². The first-order valence-electron chi connectivity index (χ1n) is 11.6. The number of ether oxygens (including phenoxy) is 1. The van der Waals surface area contributed by atoms with Crippen molar-refractivity contribution < 1.29 is 24.2 Å². The van der Waals surface area contributed by atoms with Gasteiger partial charge in [-0.1, -0.05) is 48.5 Å². The molecule has 0 bridgehead atoms. The van der Waals surface area contributed by atoms with Gasteiger partial charge >= 0.3 is 12.1 Å². The van der Waals surface area contributed by atoms with E-state index in [1.54, 1.807) is 7.05 Å². The van der Waals surface area contributed by atoms with Gasteiger partial charge in [0.25, 0.3) is 5.91 Å². The Morgan fingerprint density at radius 3 is 2.31 bits per heavy atom. The van der Waals surface area contributed by atoms with Gasteiger partial charge in [-0.3, -0.25) is 14.3 Å².